The number of carboxylic acids is 1. The number of aliphatic carboxylic acids is 1. The molecule has 1 aliphatic heterocycles. The zero-order valence-electron chi connectivity index (χ0n) is 10.9. The second-order valence-electron chi connectivity index (χ2n) is 5.71. The second kappa shape index (κ2) is 5.85. The van der Waals surface area contributed by atoms with Crippen LogP contribution in [0.3, 0.4) is 0 Å². The van der Waals surface area contributed by atoms with Gasteiger partial charge in [0.05, 0.1) is 6.42 Å². The van der Waals surface area contributed by atoms with Crippen molar-refractivity contribution in [3.05, 3.63) is 0 Å². The van der Waals surface area contributed by atoms with E-state index < -0.39 is 5.97 Å². The molecule has 3 heteroatoms. The fraction of sp³-hybridized carbons (Fsp3) is 0.929. The first-order chi connectivity index (χ1) is 8.20. The molecule has 2 fully saturated rings. The number of nitrogens with zero attached hydrogens (tertiary/aromatic N) is 1. The predicted molar refractivity (Wildman–Crippen MR) is 68.0 cm³/mol. The number of carboxylic acid groups (broad SMARTS) is 1. The summed E-state index contributed by atoms with van der Waals surface area (Å²) in [7, 11) is 0. The van der Waals surface area contributed by atoms with Crippen LogP contribution in [-0.2, 0) is 4.79 Å². The van der Waals surface area contributed by atoms with Crippen molar-refractivity contribution in [2.24, 2.45) is 5.92 Å². The molecule has 0 amide bonds. The van der Waals surface area contributed by atoms with Crippen molar-refractivity contribution in [3.8, 4) is 0 Å². The zero-order chi connectivity index (χ0) is 12.3. The van der Waals surface area contributed by atoms with Gasteiger partial charge in [-0.3, -0.25) is 9.69 Å². The molecule has 1 unspecified atom stereocenters. The van der Waals surface area contributed by atoms with Crippen molar-refractivity contribution < 1.29 is 9.90 Å². The predicted octanol–water partition coefficient (Wildman–Crippen LogP) is 2.89. The lowest BCUT2D eigenvalue weighted by molar-refractivity contribution is -0.138. The van der Waals surface area contributed by atoms with E-state index in [1.54, 1.807) is 0 Å². The summed E-state index contributed by atoms with van der Waals surface area (Å²) in [4.78, 5) is 13.4. The molecule has 0 radical (unpaired) electrons. The molecule has 1 saturated carbocycles. The van der Waals surface area contributed by atoms with E-state index >= 15 is 0 Å². The monoisotopic (exact) mass is 239 g/mol. The fourth-order valence-corrected chi connectivity index (χ4v) is 3.64. The Labute approximate surface area is 104 Å². The average Bonchev–Trinajstić information content (AvgIpc) is 2.76. The minimum Gasteiger partial charge on any atom is -0.481 e. The number of carbonyl (C=O) groups is 1. The fourth-order valence-electron chi connectivity index (χ4n) is 3.64. The number of hydrogen-bond donors (Lipinski definition) is 1. The third kappa shape index (κ3) is 3.21. The van der Waals surface area contributed by atoms with Gasteiger partial charge in [0.15, 0.2) is 0 Å². The zero-order valence-corrected chi connectivity index (χ0v) is 10.9. The lowest BCUT2D eigenvalue weighted by Gasteiger charge is -2.37. The molecule has 0 aromatic rings. The first-order valence-corrected chi connectivity index (χ1v) is 7.18. The minimum absolute atomic E-state index is 0.315. The maximum absolute atomic E-state index is 10.9. The van der Waals surface area contributed by atoms with E-state index in [0.29, 0.717) is 18.5 Å². The highest BCUT2D eigenvalue weighted by Crippen LogP contribution is 2.33. The van der Waals surface area contributed by atoms with Gasteiger partial charge < -0.3 is 5.11 Å². The van der Waals surface area contributed by atoms with Crippen molar-refractivity contribution in [3.63, 3.8) is 0 Å². The Kier molecular flexibility index (Phi) is 4.43. The quantitative estimate of drug-likeness (QED) is 0.820. The third-order valence-electron chi connectivity index (χ3n) is 4.70. The van der Waals surface area contributed by atoms with Crippen molar-refractivity contribution >= 4 is 5.97 Å². The summed E-state index contributed by atoms with van der Waals surface area (Å²) in [6, 6.07) is 0.986. The molecule has 1 atom stereocenters. The van der Waals surface area contributed by atoms with Crippen LogP contribution in [0.2, 0.25) is 0 Å². The van der Waals surface area contributed by atoms with E-state index in [-0.39, 0.29) is 0 Å². The van der Waals surface area contributed by atoms with Gasteiger partial charge in [0.25, 0.3) is 0 Å². The first kappa shape index (κ1) is 12.9. The molecule has 2 rings (SSSR count). The van der Waals surface area contributed by atoms with Crippen molar-refractivity contribution in [2.45, 2.75) is 70.4 Å². The molecule has 1 saturated heterocycles. The Morgan fingerprint density at radius 3 is 2.53 bits per heavy atom. The van der Waals surface area contributed by atoms with Gasteiger partial charge in [-0.15, -0.1) is 0 Å². The van der Waals surface area contributed by atoms with Gasteiger partial charge in [-0.05, 0) is 51.0 Å². The molecular formula is C14H25NO2. The Morgan fingerprint density at radius 2 is 1.94 bits per heavy atom. The van der Waals surface area contributed by atoms with Gasteiger partial charge in [0, 0.05) is 12.1 Å². The third-order valence-corrected chi connectivity index (χ3v) is 4.70. The summed E-state index contributed by atoms with van der Waals surface area (Å²) in [5.41, 5.74) is 0. The van der Waals surface area contributed by atoms with Crippen LogP contribution in [0.5, 0.6) is 0 Å². The Bertz CT molecular complexity index is 259. The van der Waals surface area contributed by atoms with Crippen LogP contribution in [0.15, 0.2) is 0 Å². The van der Waals surface area contributed by atoms with Crippen LogP contribution in [0.4, 0.5) is 0 Å². The van der Waals surface area contributed by atoms with E-state index in [1.807, 2.05) is 0 Å². The molecule has 1 heterocycles. The molecule has 0 bridgehead atoms. The van der Waals surface area contributed by atoms with Crippen LogP contribution in [0.25, 0.3) is 0 Å². The van der Waals surface area contributed by atoms with E-state index in [2.05, 4.69) is 11.8 Å². The van der Waals surface area contributed by atoms with Gasteiger partial charge in [-0.2, -0.15) is 0 Å². The highest BCUT2D eigenvalue weighted by molar-refractivity contribution is 5.67. The smallest absolute Gasteiger partial charge is 0.304 e. The molecule has 1 aliphatic carbocycles. The summed E-state index contributed by atoms with van der Waals surface area (Å²) in [6.45, 7) is 3.41. The Hall–Kier alpha value is -0.570. The van der Waals surface area contributed by atoms with E-state index in [4.69, 9.17) is 5.11 Å². The molecule has 17 heavy (non-hydrogen) atoms. The normalized spacial score (nSPS) is 35.0. The van der Waals surface area contributed by atoms with Crippen LogP contribution in [0, 0.1) is 5.92 Å². The van der Waals surface area contributed by atoms with Gasteiger partial charge in [0.1, 0.15) is 0 Å². The number of rotatable bonds is 4. The van der Waals surface area contributed by atoms with Gasteiger partial charge in [-0.1, -0.05) is 13.3 Å². The number of likely N-dealkylation sites (tertiary alicyclic amines) is 1. The SMILES string of the molecule is CCC1CCC(N2CCCC2CC(=O)O)CC1. The summed E-state index contributed by atoms with van der Waals surface area (Å²) >= 11 is 0. The van der Waals surface area contributed by atoms with Crippen molar-refractivity contribution in [1.82, 2.24) is 4.90 Å². The molecule has 0 aromatic heterocycles. The van der Waals surface area contributed by atoms with Crippen molar-refractivity contribution in [2.75, 3.05) is 6.54 Å². The van der Waals surface area contributed by atoms with E-state index in [9.17, 15) is 4.79 Å². The molecule has 2 aliphatic rings. The van der Waals surface area contributed by atoms with Crippen LogP contribution in [-0.4, -0.2) is 34.6 Å². The summed E-state index contributed by atoms with van der Waals surface area (Å²) in [5.74, 6) is 0.288. The lowest BCUT2D eigenvalue weighted by atomic mass is 9.83. The maximum atomic E-state index is 10.9. The van der Waals surface area contributed by atoms with Gasteiger partial charge >= 0.3 is 5.97 Å². The second-order valence-corrected chi connectivity index (χ2v) is 5.71. The molecule has 1 N–H and O–H groups in total. The van der Waals surface area contributed by atoms with Gasteiger partial charge in [0.2, 0.25) is 0 Å². The van der Waals surface area contributed by atoms with Crippen LogP contribution >= 0.6 is 0 Å². The topological polar surface area (TPSA) is 40.5 Å². The largest absolute Gasteiger partial charge is 0.481 e. The summed E-state index contributed by atoms with van der Waals surface area (Å²) in [6.07, 6.45) is 9.18. The molecule has 3 nitrogen and oxygen atoms in total. The van der Waals surface area contributed by atoms with E-state index in [0.717, 1.165) is 18.9 Å². The van der Waals surface area contributed by atoms with Crippen molar-refractivity contribution in [1.29, 1.82) is 0 Å². The minimum atomic E-state index is -0.635. The molecule has 0 aromatic carbocycles. The van der Waals surface area contributed by atoms with Gasteiger partial charge in [-0.25, -0.2) is 0 Å². The molecule has 98 valence electrons. The Balaban J connectivity index is 1.86. The molecular weight excluding hydrogens is 214 g/mol. The summed E-state index contributed by atoms with van der Waals surface area (Å²) < 4.78 is 0. The lowest BCUT2D eigenvalue weighted by Crippen LogP contribution is -2.42. The number of hydrogen-bond acceptors (Lipinski definition) is 2. The van der Waals surface area contributed by atoms with Crippen LogP contribution in [0.1, 0.15) is 58.3 Å². The Morgan fingerprint density at radius 1 is 1.24 bits per heavy atom. The highest BCUT2D eigenvalue weighted by atomic mass is 16.4. The average molecular weight is 239 g/mol. The maximum Gasteiger partial charge on any atom is 0.304 e. The first-order valence-electron chi connectivity index (χ1n) is 7.18. The van der Waals surface area contributed by atoms with Crippen LogP contribution < -0.4 is 0 Å². The highest BCUT2D eigenvalue weighted by Gasteiger charge is 2.33. The summed E-state index contributed by atoms with van der Waals surface area (Å²) in [5, 5.41) is 8.94. The molecule has 0 spiro atoms. The van der Waals surface area contributed by atoms with E-state index in [1.165, 1.54) is 38.5 Å². The standard InChI is InChI=1S/C14H25NO2/c1-2-11-5-7-12(8-6-11)15-9-3-4-13(15)10-14(16)17/h11-13H,2-10H2,1H3,(H,16,17).